The molecule has 0 heterocycles. The van der Waals surface area contributed by atoms with Crippen molar-refractivity contribution >= 4 is 16.7 Å². The van der Waals surface area contributed by atoms with Crippen LogP contribution in [0, 0.1) is 12.0 Å². The third-order valence-electron chi connectivity index (χ3n) is 2.23. The van der Waals surface area contributed by atoms with Gasteiger partial charge in [-0.15, -0.1) is 0 Å². The van der Waals surface area contributed by atoms with Crippen LogP contribution in [0.5, 0.6) is 0 Å². The van der Waals surface area contributed by atoms with Crippen molar-refractivity contribution in [3.8, 4) is 12.0 Å². The Bertz CT molecular complexity index is 588. The number of carbonyl (C=O) groups is 1. The number of rotatable bonds is 1. The summed E-state index contributed by atoms with van der Waals surface area (Å²) < 4.78 is 4.73. The molecule has 0 amide bonds. The van der Waals surface area contributed by atoms with Crippen LogP contribution >= 0.6 is 0 Å². The van der Waals surface area contributed by atoms with Gasteiger partial charge in [-0.25, -0.2) is 4.79 Å². The van der Waals surface area contributed by atoms with Gasteiger partial charge < -0.3 is 4.74 Å². The summed E-state index contributed by atoms with van der Waals surface area (Å²) in [5, 5.41) is 2.11. The minimum Gasteiger partial charge on any atom is -0.369 e. The van der Waals surface area contributed by atoms with E-state index in [1.807, 2.05) is 30.3 Å². The lowest BCUT2D eigenvalue weighted by molar-refractivity contribution is 0.0690. The summed E-state index contributed by atoms with van der Waals surface area (Å²) in [6.45, 7) is 1.62. The van der Waals surface area contributed by atoms with Gasteiger partial charge in [-0.3, -0.25) is 0 Å². The lowest BCUT2D eigenvalue weighted by Crippen LogP contribution is -2.00. The monoisotopic (exact) mass is 210 g/mol. The Labute approximate surface area is 93.8 Å². The van der Waals surface area contributed by atoms with Gasteiger partial charge in [0.05, 0.1) is 5.56 Å². The van der Waals surface area contributed by atoms with Gasteiger partial charge in [0.1, 0.15) is 6.11 Å². The predicted octanol–water partition coefficient (Wildman–Crippen LogP) is 2.98. The molecule has 0 aliphatic heterocycles. The molecule has 2 aromatic carbocycles. The highest BCUT2D eigenvalue weighted by Gasteiger charge is 2.06. The lowest BCUT2D eigenvalue weighted by Gasteiger charge is -2.00. The van der Waals surface area contributed by atoms with Gasteiger partial charge in [-0.2, -0.15) is 0 Å². The van der Waals surface area contributed by atoms with Crippen molar-refractivity contribution in [1.82, 2.24) is 0 Å². The second-order valence-electron chi connectivity index (χ2n) is 3.30. The first-order valence-corrected chi connectivity index (χ1v) is 4.93. The SMILES string of the molecule is CC#COC(=O)c1ccc2ccccc2c1. The molecule has 78 valence electrons. The van der Waals surface area contributed by atoms with Crippen molar-refractivity contribution in [1.29, 1.82) is 0 Å². The van der Waals surface area contributed by atoms with Gasteiger partial charge >= 0.3 is 5.97 Å². The fraction of sp³-hybridized carbons (Fsp3) is 0.0714. The van der Waals surface area contributed by atoms with Crippen molar-refractivity contribution in [2.24, 2.45) is 0 Å². The fourth-order valence-electron chi connectivity index (χ4n) is 1.47. The van der Waals surface area contributed by atoms with Gasteiger partial charge in [0, 0.05) is 6.92 Å². The van der Waals surface area contributed by atoms with Gasteiger partial charge in [0.15, 0.2) is 0 Å². The molecular weight excluding hydrogens is 200 g/mol. The average Bonchev–Trinajstić information content (AvgIpc) is 2.35. The van der Waals surface area contributed by atoms with Crippen LogP contribution in [0.2, 0.25) is 0 Å². The van der Waals surface area contributed by atoms with Crippen LogP contribution in [0.3, 0.4) is 0 Å². The van der Waals surface area contributed by atoms with E-state index in [-0.39, 0.29) is 0 Å². The molecule has 2 nitrogen and oxygen atoms in total. The maximum atomic E-state index is 11.5. The van der Waals surface area contributed by atoms with Crippen LogP contribution in [-0.2, 0) is 4.74 Å². The largest absolute Gasteiger partial charge is 0.369 e. The zero-order valence-corrected chi connectivity index (χ0v) is 8.86. The molecule has 0 bridgehead atoms. The van der Waals surface area contributed by atoms with Crippen LogP contribution < -0.4 is 0 Å². The van der Waals surface area contributed by atoms with Crippen LogP contribution in [-0.4, -0.2) is 5.97 Å². The number of carbonyl (C=O) groups excluding carboxylic acids is 1. The molecule has 0 radical (unpaired) electrons. The Balaban J connectivity index is 2.38. The minimum absolute atomic E-state index is 0.417. The van der Waals surface area contributed by atoms with Crippen molar-refractivity contribution < 1.29 is 9.53 Å². The number of hydrogen-bond donors (Lipinski definition) is 0. The fourth-order valence-corrected chi connectivity index (χ4v) is 1.47. The van der Waals surface area contributed by atoms with Crippen molar-refractivity contribution in [3.05, 3.63) is 48.0 Å². The van der Waals surface area contributed by atoms with Gasteiger partial charge in [0.25, 0.3) is 0 Å². The quantitative estimate of drug-likeness (QED) is 0.534. The first-order valence-electron chi connectivity index (χ1n) is 4.93. The molecular formula is C14H10O2. The first-order chi connectivity index (χ1) is 7.81. The minimum atomic E-state index is -0.417. The van der Waals surface area contributed by atoms with Crippen LogP contribution in [0.1, 0.15) is 17.3 Å². The maximum absolute atomic E-state index is 11.5. The molecule has 2 heteroatoms. The molecule has 0 atom stereocenters. The summed E-state index contributed by atoms with van der Waals surface area (Å²) in [6, 6.07) is 13.3. The van der Waals surface area contributed by atoms with E-state index in [2.05, 4.69) is 12.0 Å². The highest BCUT2D eigenvalue weighted by Crippen LogP contribution is 2.15. The highest BCUT2D eigenvalue weighted by atomic mass is 16.5. The van der Waals surface area contributed by atoms with Gasteiger partial charge in [0.2, 0.25) is 0 Å². The van der Waals surface area contributed by atoms with E-state index in [9.17, 15) is 4.79 Å². The number of benzene rings is 2. The molecule has 0 fully saturated rings. The average molecular weight is 210 g/mol. The molecule has 0 unspecified atom stereocenters. The zero-order chi connectivity index (χ0) is 11.4. The summed E-state index contributed by atoms with van der Waals surface area (Å²) in [5.74, 6) is 2.10. The standard InChI is InChI=1S/C14H10O2/c1-2-9-16-14(15)13-8-7-11-5-3-4-6-12(11)10-13/h3-8,10H,1H3. The van der Waals surface area contributed by atoms with E-state index in [0.717, 1.165) is 10.8 Å². The zero-order valence-electron chi connectivity index (χ0n) is 8.86. The van der Waals surface area contributed by atoms with E-state index >= 15 is 0 Å². The maximum Gasteiger partial charge on any atom is 0.352 e. The molecule has 0 aliphatic carbocycles. The number of ether oxygens (including phenoxy) is 1. The van der Waals surface area contributed by atoms with Crippen LogP contribution in [0.4, 0.5) is 0 Å². The molecule has 16 heavy (non-hydrogen) atoms. The Morgan fingerprint density at radius 3 is 2.62 bits per heavy atom. The number of fused-ring (bicyclic) bond motifs is 1. The summed E-state index contributed by atoms with van der Waals surface area (Å²) >= 11 is 0. The van der Waals surface area contributed by atoms with E-state index in [1.165, 1.54) is 0 Å². The molecule has 0 aliphatic rings. The lowest BCUT2D eigenvalue weighted by atomic mass is 10.1. The Hall–Kier alpha value is -2.27. The summed E-state index contributed by atoms with van der Waals surface area (Å²) in [7, 11) is 0. The van der Waals surface area contributed by atoms with Gasteiger partial charge in [-0.05, 0) is 22.9 Å². The Kier molecular flexibility index (Phi) is 2.88. The molecule has 0 aromatic heterocycles. The predicted molar refractivity (Wildman–Crippen MR) is 62.8 cm³/mol. The van der Waals surface area contributed by atoms with Crippen LogP contribution in [0.15, 0.2) is 42.5 Å². The summed E-state index contributed by atoms with van der Waals surface area (Å²) in [5.41, 5.74) is 0.515. The molecule has 0 spiro atoms. The van der Waals surface area contributed by atoms with Crippen molar-refractivity contribution in [2.45, 2.75) is 6.92 Å². The van der Waals surface area contributed by atoms with Crippen molar-refractivity contribution in [3.63, 3.8) is 0 Å². The van der Waals surface area contributed by atoms with E-state index in [0.29, 0.717) is 5.56 Å². The molecule has 0 N–H and O–H groups in total. The van der Waals surface area contributed by atoms with Crippen LogP contribution in [0.25, 0.3) is 10.8 Å². The van der Waals surface area contributed by atoms with Crippen molar-refractivity contribution in [2.75, 3.05) is 0 Å². The highest BCUT2D eigenvalue weighted by molar-refractivity contribution is 5.95. The normalized spacial score (nSPS) is 9.31. The third kappa shape index (κ3) is 2.04. The summed E-state index contributed by atoms with van der Waals surface area (Å²) in [6.07, 6.45) is 2.30. The second-order valence-corrected chi connectivity index (χ2v) is 3.30. The molecule has 2 aromatic rings. The van der Waals surface area contributed by atoms with E-state index in [4.69, 9.17) is 4.74 Å². The second kappa shape index (κ2) is 4.50. The summed E-state index contributed by atoms with van der Waals surface area (Å²) in [4.78, 5) is 11.5. The van der Waals surface area contributed by atoms with E-state index in [1.54, 1.807) is 19.1 Å². The third-order valence-corrected chi connectivity index (χ3v) is 2.23. The first kappa shape index (κ1) is 10.3. The molecule has 0 saturated heterocycles. The van der Waals surface area contributed by atoms with E-state index < -0.39 is 5.97 Å². The Morgan fingerprint density at radius 2 is 1.88 bits per heavy atom. The molecule has 0 saturated carbocycles. The molecule has 2 rings (SSSR count). The Morgan fingerprint density at radius 1 is 1.12 bits per heavy atom. The number of esters is 1. The number of hydrogen-bond acceptors (Lipinski definition) is 2. The topological polar surface area (TPSA) is 26.3 Å². The van der Waals surface area contributed by atoms with Gasteiger partial charge in [-0.1, -0.05) is 36.3 Å². The smallest absolute Gasteiger partial charge is 0.352 e.